The van der Waals surface area contributed by atoms with E-state index >= 15 is 0 Å². The van der Waals surface area contributed by atoms with E-state index in [0.29, 0.717) is 18.7 Å². The monoisotopic (exact) mass is 439 g/mol. The number of nitrogens with zero attached hydrogens (tertiary/aromatic N) is 3. The number of rotatable bonds is 13. The van der Waals surface area contributed by atoms with Crippen molar-refractivity contribution in [2.75, 3.05) is 29.5 Å². The Labute approximate surface area is 190 Å². The first-order valence-corrected chi connectivity index (χ1v) is 11.4. The number of nitriles is 1. The van der Waals surface area contributed by atoms with Gasteiger partial charge >= 0.3 is 11.9 Å². The van der Waals surface area contributed by atoms with Crippen LogP contribution in [0.3, 0.4) is 0 Å². The first kappa shape index (κ1) is 25.0. The number of benzene rings is 1. The maximum absolute atomic E-state index is 12.5. The third-order valence-corrected chi connectivity index (χ3v) is 5.15. The Kier molecular flexibility index (Phi) is 10.3. The molecule has 1 aromatic rings. The van der Waals surface area contributed by atoms with E-state index in [0.717, 1.165) is 56.2 Å². The van der Waals surface area contributed by atoms with Crippen molar-refractivity contribution >= 4 is 23.3 Å². The van der Waals surface area contributed by atoms with Gasteiger partial charge in [-0.25, -0.2) is 4.79 Å². The van der Waals surface area contributed by atoms with Gasteiger partial charge in [0.25, 0.3) is 0 Å². The van der Waals surface area contributed by atoms with Crippen LogP contribution in [-0.2, 0) is 19.1 Å². The van der Waals surface area contributed by atoms with E-state index < -0.39 is 11.9 Å². The molecule has 0 amide bonds. The summed E-state index contributed by atoms with van der Waals surface area (Å²) in [6, 6.07) is 10.2. The van der Waals surface area contributed by atoms with Gasteiger partial charge in [-0.1, -0.05) is 45.4 Å². The predicted octanol–water partition coefficient (Wildman–Crippen LogP) is 5.05. The number of carbonyl (C=O) groups excluding carboxylic acids is 2. The minimum Gasteiger partial charge on any atom is -0.463 e. The lowest BCUT2D eigenvalue weighted by Gasteiger charge is -2.26. The first-order chi connectivity index (χ1) is 15.6. The number of esters is 2. The number of allylic oxidation sites excluding steroid dienone is 1. The quantitative estimate of drug-likeness (QED) is 0.140. The van der Waals surface area contributed by atoms with E-state index in [1.165, 1.54) is 0 Å². The molecule has 0 N–H and O–H groups in total. The van der Waals surface area contributed by atoms with E-state index in [9.17, 15) is 14.9 Å². The molecule has 0 unspecified atom stereocenters. The Balaban J connectivity index is 2.19. The first-order valence-electron chi connectivity index (χ1n) is 11.4. The summed E-state index contributed by atoms with van der Waals surface area (Å²) >= 11 is 0. The van der Waals surface area contributed by atoms with Crippen LogP contribution in [0.4, 0.5) is 11.4 Å². The fraction of sp³-hybridized carbons (Fsp3) is 0.480. The lowest BCUT2D eigenvalue weighted by Crippen LogP contribution is -2.32. The van der Waals surface area contributed by atoms with Crippen molar-refractivity contribution in [2.24, 2.45) is 0 Å². The summed E-state index contributed by atoms with van der Waals surface area (Å²) < 4.78 is 10.5. The second kappa shape index (κ2) is 13.2. The molecule has 1 aromatic carbocycles. The van der Waals surface area contributed by atoms with Gasteiger partial charge in [-0.05, 0) is 37.8 Å². The van der Waals surface area contributed by atoms with Gasteiger partial charge in [-0.3, -0.25) is 4.79 Å². The molecule has 7 heteroatoms. The largest absolute Gasteiger partial charge is 0.463 e. The number of carbonyl (C=O) groups is 2. The molecule has 0 saturated carbocycles. The normalized spacial score (nSPS) is 12.2. The molecule has 0 saturated heterocycles. The SMILES string of the molecule is C=CC(=O)OCCCCC(=O)OC(C#N)=C1N(CCCC)c2ccccc2N1CCCC. The average Bonchev–Trinajstić information content (AvgIpc) is 3.12. The van der Waals surface area contributed by atoms with Crippen LogP contribution in [0.25, 0.3) is 0 Å². The molecule has 172 valence electrons. The number of para-hydroxylation sites is 2. The van der Waals surface area contributed by atoms with E-state index in [2.05, 4.69) is 36.3 Å². The number of hydrogen-bond acceptors (Lipinski definition) is 7. The van der Waals surface area contributed by atoms with Gasteiger partial charge in [0.1, 0.15) is 6.07 Å². The topological polar surface area (TPSA) is 82.9 Å². The molecule has 0 aliphatic carbocycles. The summed E-state index contributed by atoms with van der Waals surface area (Å²) in [6.07, 6.45) is 6.21. The van der Waals surface area contributed by atoms with Crippen molar-refractivity contribution in [3.05, 3.63) is 48.5 Å². The molecule has 0 aromatic heterocycles. The Morgan fingerprint density at radius 3 is 2.12 bits per heavy atom. The Morgan fingerprint density at radius 1 is 1.03 bits per heavy atom. The number of anilines is 2. The van der Waals surface area contributed by atoms with Crippen LogP contribution in [-0.4, -0.2) is 31.6 Å². The second-order valence-corrected chi connectivity index (χ2v) is 7.57. The molecule has 0 bridgehead atoms. The molecule has 1 aliphatic heterocycles. The minimum absolute atomic E-state index is 0.0245. The third-order valence-electron chi connectivity index (χ3n) is 5.15. The smallest absolute Gasteiger partial charge is 0.330 e. The zero-order chi connectivity index (χ0) is 23.3. The Morgan fingerprint density at radius 2 is 1.62 bits per heavy atom. The fourth-order valence-corrected chi connectivity index (χ4v) is 3.51. The van der Waals surface area contributed by atoms with Crippen LogP contribution >= 0.6 is 0 Å². The Hall–Kier alpha value is -3.27. The Bertz CT molecular complexity index is 835. The third kappa shape index (κ3) is 6.61. The zero-order valence-corrected chi connectivity index (χ0v) is 19.1. The van der Waals surface area contributed by atoms with Crippen LogP contribution in [0, 0.1) is 11.3 Å². The standard InChI is InChI=1S/C25H33N3O4/c1-4-7-16-27-20-13-9-10-14-21(20)28(17-8-5-2)25(27)22(19-26)32-24(30)15-11-12-18-31-23(29)6-3/h6,9-10,13-14H,3-5,7-8,11-12,15-18H2,1-2H3. The van der Waals surface area contributed by atoms with Gasteiger partial charge in [-0.2, -0.15) is 5.26 Å². The summed E-state index contributed by atoms with van der Waals surface area (Å²) in [6.45, 7) is 9.28. The van der Waals surface area contributed by atoms with Crippen molar-refractivity contribution in [1.82, 2.24) is 0 Å². The van der Waals surface area contributed by atoms with Crippen molar-refractivity contribution in [1.29, 1.82) is 5.26 Å². The van der Waals surface area contributed by atoms with Crippen LogP contribution in [0.1, 0.15) is 58.8 Å². The molecule has 1 heterocycles. The number of hydrogen-bond donors (Lipinski definition) is 0. The minimum atomic E-state index is -0.482. The van der Waals surface area contributed by atoms with Gasteiger partial charge < -0.3 is 19.3 Å². The van der Waals surface area contributed by atoms with Crippen molar-refractivity contribution < 1.29 is 19.1 Å². The lowest BCUT2D eigenvalue weighted by atomic mass is 10.2. The maximum atomic E-state index is 12.5. The van der Waals surface area contributed by atoms with Gasteiger partial charge in [0.05, 0.1) is 18.0 Å². The zero-order valence-electron chi connectivity index (χ0n) is 19.1. The molecule has 0 atom stereocenters. The van der Waals surface area contributed by atoms with Crippen molar-refractivity contribution in [3.63, 3.8) is 0 Å². The highest BCUT2D eigenvalue weighted by molar-refractivity contribution is 5.84. The van der Waals surface area contributed by atoms with E-state index in [1.54, 1.807) is 0 Å². The molecule has 7 nitrogen and oxygen atoms in total. The van der Waals surface area contributed by atoms with E-state index in [1.807, 2.05) is 24.3 Å². The van der Waals surface area contributed by atoms with Crippen LogP contribution in [0.5, 0.6) is 0 Å². The summed E-state index contributed by atoms with van der Waals surface area (Å²) in [7, 11) is 0. The highest BCUT2D eigenvalue weighted by atomic mass is 16.5. The van der Waals surface area contributed by atoms with E-state index in [4.69, 9.17) is 9.47 Å². The number of fused-ring (bicyclic) bond motifs is 1. The second-order valence-electron chi connectivity index (χ2n) is 7.57. The summed E-state index contributed by atoms with van der Waals surface area (Å²) in [5.41, 5.74) is 2.06. The molecule has 0 fully saturated rings. The number of ether oxygens (including phenoxy) is 2. The van der Waals surface area contributed by atoms with Gasteiger partial charge in [0.2, 0.25) is 5.76 Å². The van der Waals surface area contributed by atoms with Crippen LogP contribution < -0.4 is 9.80 Å². The molecule has 0 spiro atoms. The predicted molar refractivity (Wildman–Crippen MR) is 125 cm³/mol. The van der Waals surface area contributed by atoms with Crippen molar-refractivity contribution in [3.8, 4) is 6.07 Å². The van der Waals surface area contributed by atoms with Gasteiger partial charge in [0, 0.05) is 25.6 Å². The molecule has 1 aliphatic rings. The van der Waals surface area contributed by atoms with Gasteiger partial charge in [0.15, 0.2) is 5.82 Å². The summed E-state index contributed by atoms with van der Waals surface area (Å²) in [5.74, 6) is -0.282. The summed E-state index contributed by atoms with van der Waals surface area (Å²) in [5, 5.41) is 9.89. The molecule has 0 radical (unpaired) electrons. The lowest BCUT2D eigenvalue weighted by molar-refractivity contribution is -0.139. The molecule has 32 heavy (non-hydrogen) atoms. The van der Waals surface area contributed by atoms with Crippen LogP contribution in [0.15, 0.2) is 48.5 Å². The van der Waals surface area contributed by atoms with Crippen LogP contribution in [0.2, 0.25) is 0 Å². The molecule has 2 rings (SSSR count). The average molecular weight is 440 g/mol. The number of unbranched alkanes of at least 4 members (excludes halogenated alkanes) is 3. The molecular formula is C25H33N3O4. The molecular weight excluding hydrogens is 406 g/mol. The van der Waals surface area contributed by atoms with Crippen molar-refractivity contribution in [2.45, 2.75) is 58.8 Å². The summed E-state index contributed by atoms with van der Waals surface area (Å²) in [4.78, 5) is 27.7. The fourth-order valence-electron chi connectivity index (χ4n) is 3.51. The highest BCUT2D eigenvalue weighted by Gasteiger charge is 2.34. The van der Waals surface area contributed by atoms with E-state index in [-0.39, 0.29) is 18.8 Å². The van der Waals surface area contributed by atoms with Gasteiger partial charge in [-0.15, -0.1) is 0 Å². The maximum Gasteiger partial charge on any atom is 0.330 e. The highest BCUT2D eigenvalue weighted by Crippen LogP contribution is 2.43.